The van der Waals surface area contributed by atoms with Crippen LogP contribution in [0.15, 0.2) is 12.3 Å². The molecule has 0 aromatic carbocycles. The quantitative estimate of drug-likeness (QED) is 0.609. The van der Waals surface area contributed by atoms with Crippen molar-refractivity contribution in [3.63, 3.8) is 0 Å². The fourth-order valence-corrected chi connectivity index (χ4v) is 1.11. The average molecular weight is 239 g/mol. The number of likely N-dealkylation sites (N-methyl/N-ethyl adjacent to an activating group) is 1. The van der Waals surface area contributed by atoms with Crippen molar-refractivity contribution in [3.05, 3.63) is 18.0 Å². The molecule has 0 aliphatic carbocycles. The third-order valence-electron chi connectivity index (χ3n) is 1.69. The largest absolute Gasteiger partial charge is 0.388 e. The fraction of sp³-hybridized carbons (Fsp3) is 0.333. The molecule has 0 unspecified atom stereocenters. The molecule has 0 aliphatic rings. The molecule has 6 nitrogen and oxygen atoms in total. The van der Waals surface area contributed by atoms with E-state index in [2.05, 4.69) is 20.6 Å². The number of nitrogens with zero attached hydrogens (tertiary/aromatic N) is 2. The number of rotatable bonds is 5. The highest BCUT2D eigenvalue weighted by Gasteiger charge is 2.03. The molecule has 1 heterocycles. The van der Waals surface area contributed by atoms with Crippen LogP contribution >= 0.6 is 12.2 Å². The van der Waals surface area contributed by atoms with E-state index in [1.54, 1.807) is 6.07 Å². The van der Waals surface area contributed by atoms with Gasteiger partial charge in [-0.25, -0.2) is 9.97 Å². The van der Waals surface area contributed by atoms with Gasteiger partial charge in [0.25, 0.3) is 0 Å². The van der Waals surface area contributed by atoms with Crippen molar-refractivity contribution in [2.75, 3.05) is 18.4 Å². The first-order chi connectivity index (χ1) is 7.63. The van der Waals surface area contributed by atoms with E-state index < -0.39 is 0 Å². The third kappa shape index (κ3) is 3.77. The molecule has 7 heteroatoms. The highest BCUT2D eigenvalue weighted by atomic mass is 32.1. The second-order valence-corrected chi connectivity index (χ2v) is 3.38. The Bertz CT molecular complexity index is 395. The number of carbonyl (C=O) groups excluding carboxylic acids is 1. The zero-order valence-corrected chi connectivity index (χ0v) is 9.67. The zero-order chi connectivity index (χ0) is 12.0. The lowest BCUT2D eigenvalue weighted by atomic mass is 10.4. The molecule has 1 aromatic heterocycles. The Morgan fingerprint density at radius 1 is 1.62 bits per heavy atom. The lowest BCUT2D eigenvalue weighted by Crippen LogP contribution is -2.30. The number of hydrogen-bond acceptors (Lipinski definition) is 5. The number of hydrogen-bond donors (Lipinski definition) is 3. The average Bonchev–Trinajstić information content (AvgIpc) is 2.27. The molecule has 0 radical (unpaired) electrons. The van der Waals surface area contributed by atoms with Gasteiger partial charge in [0.1, 0.15) is 10.7 Å². The molecule has 16 heavy (non-hydrogen) atoms. The molecule has 1 rings (SSSR count). The number of aromatic nitrogens is 2. The summed E-state index contributed by atoms with van der Waals surface area (Å²) in [6.07, 6.45) is 1.53. The van der Waals surface area contributed by atoms with Crippen LogP contribution in [0.5, 0.6) is 0 Å². The number of amides is 1. The Morgan fingerprint density at radius 3 is 3.00 bits per heavy atom. The Morgan fingerprint density at radius 2 is 2.38 bits per heavy atom. The van der Waals surface area contributed by atoms with E-state index in [-0.39, 0.29) is 17.4 Å². The van der Waals surface area contributed by atoms with Crippen molar-refractivity contribution in [3.8, 4) is 0 Å². The monoisotopic (exact) mass is 239 g/mol. The van der Waals surface area contributed by atoms with Crippen LogP contribution < -0.4 is 16.4 Å². The van der Waals surface area contributed by atoms with Crippen molar-refractivity contribution < 1.29 is 4.79 Å². The van der Waals surface area contributed by atoms with Crippen molar-refractivity contribution in [1.29, 1.82) is 0 Å². The van der Waals surface area contributed by atoms with Gasteiger partial charge >= 0.3 is 0 Å². The Hall–Kier alpha value is -1.76. The van der Waals surface area contributed by atoms with Gasteiger partial charge in [0.05, 0.1) is 6.54 Å². The minimum absolute atomic E-state index is 0.119. The molecular formula is C9H13N5OS. The summed E-state index contributed by atoms with van der Waals surface area (Å²) in [7, 11) is 0. The smallest absolute Gasteiger partial charge is 0.239 e. The molecule has 4 N–H and O–H groups in total. The lowest BCUT2D eigenvalue weighted by Gasteiger charge is -2.05. The first kappa shape index (κ1) is 12.3. The van der Waals surface area contributed by atoms with Gasteiger partial charge in [-0.3, -0.25) is 4.79 Å². The van der Waals surface area contributed by atoms with Crippen LogP contribution in [0.1, 0.15) is 12.6 Å². The topological polar surface area (TPSA) is 92.9 Å². The van der Waals surface area contributed by atoms with E-state index in [9.17, 15) is 4.79 Å². The van der Waals surface area contributed by atoms with Gasteiger partial charge in [0.15, 0.2) is 0 Å². The van der Waals surface area contributed by atoms with Crippen LogP contribution in [0.2, 0.25) is 0 Å². The molecule has 0 spiro atoms. The summed E-state index contributed by atoms with van der Waals surface area (Å²) in [5.74, 6) is 0.211. The van der Waals surface area contributed by atoms with Crippen molar-refractivity contribution >= 4 is 29.1 Å². The van der Waals surface area contributed by atoms with Crippen LogP contribution in [0.4, 0.5) is 5.95 Å². The fourth-order valence-electron chi connectivity index (χ4n) is 1.00. The SMILES string of the molecule is CCNC(=O)CNc1nccc(C(N)=S)n1. The van der Waals surface area contributed by atoms with Crippen LogP contribution in [0.25, 0.3) is 0 Å². The van der Waals surface area contributed by atoms with Crippen LogP contribution in [-0.2, 0) is 4.79 Å². The first-order valence-electron chi connectivity index (χ1n) is 4.77. The minimum atomic E-state index is -0.119. The predicted octanol–water partition coefficient (Wildman–Crippen LogP) is -0.341. The molecule has 1 amide bonds. The summed E-state index contributed by atoms with van der Waals surface area (Å²) in [6, 6.07) is 1.61. The van der Waals surface area contributed by atoms with Gasteiger partial charge in [-0.15, -0.1) is 0 Å². The number of nitrogens with two attached hydrogens (primary N) is 1. The van der Waals surface area contributed by atoms with Crippen molar-refractivity contribution in [1.82, 2.24) is 15.3 Å². The number of anilines is 1. The standard InChI is InChI=1S/C9H13N5OS/c1-2-11-7(15)5-13-9-12-4-3-6(14-9)8(10)16/h3-4H,2,5H2,1H3,(H2,10,16)(H,11,15)(H,12,13,14). The molecular weight excluding hydrogens is 226 g/mol. The molecule has 0 saturated carbocycles. The molecule has 1 aromatic rings. The summed E-state index contributed by atoms with van der Waals surface area (Å²) in [6.45, 7) is 2.56. The minimum Gasteiger partial charge on any atom is -0.388 e. The molecule has 0 atom stereocenters. The first-order valence-corrected chi connectivity index (χ1v) is 5.17. The van der Waals surface area contributed by atoms with Crippen molar-refractivity contribution in [2.24, 2.45) is 5.73 Å². The van der Waals surface area contributed by atoms with E-state index in [1.807, 2.05) is 6.92 Å². The Labute approximate surface area is 98.7 Å². The van der Waals surface area contributed by atoms with E-state index >= 15 is 0 Å². The summed E-state index contributed by atoms with van der Waals surface area (Å²) in [5.41, 5.74) is 5.90. The molecule has 0 fully saturated rings. The maximum Gasteiger partial charge on any atom is 0.239 e. The van der Waals surface area contributed by atoms with Gasteiger partial charge in [-0.2, -0.15) is 0 Å². The van der Waals surface area contributed by atoms with Crippen LogP contribution in [0.3, 0.4) is 0 Å². The number of thiocarbonyl (C=S) groups is 1. The van der Waals surface area contributed by atoms with E-state index in [0.717, 1.165) is 0 Å². The highest BCUT2D eigenvalue weighted by molar-refractivity contribution is 7.80. The van der Waals surface area contributed by atoms with Gasteiger partial charge in [-0.05, 0) is 13.0 Å². The predicted molar refractivity (Wildman–Crippen MR) is 65.1 cm³/mol. The molecule has 0 aliphatic heterocycles. The second kappa shape index (κ2) is 5.96. The summed E-state index contributed by atoms with van der Waals surface area (Å²) in [4.78, 5) is 19.3. The molecule has 0 bridgehead atoms. The van der Waals surface area contributed by atoms with Gasteiger partial charge < -0.3 is 16.4 Å². The van der Waals surface area contributed by atoms with E-state index in [1.165, 1.54) is 6.20 Å². The van der Waals surface area contributed by atoms with Gasteiger partial charge in [0.2, 0.25) is 11.9 Å². The molecule has 86 valence electrons. The maximum atomic E-state index is 11.2. The molecule has 0 saturated heterocycles. The normalized spacial score (nSPS) is 9.56. The lowest BCUT2D eigenvalue weighted by molar-refractivity contribution is -0.119. The number of nitrogens with one attached hydrogen (secondary N) is 2. The summed E-state index contributed by atoms with van der Waals surface area (Å²) >= 11 is 4.78. The summed E-state index contributed by atoms with van der Waals surface area (Å²) in [5, 5.41) is 5.42. The van der Waals surface area contributed by atoms with Gasteiger partial charge in [0, 0.05) is 12.7 Å². The van der Waals surface area contributed by atoms with Gasteiger partial charge in [-0.1, -0.05) is 12.2 Å². The third-order valence-corrected chi connectivity index (χ3v) is 1.90. The highest BCUT2D eigenvalue weighted by Crippen LogP contribution is 1.99. The van der Waals surface area contributed by atoms with Crippen molar-refractivity contribution in [2.45, 2.75) is 6.92 Å². The summed E-state index contributed by atoms with van der Waals surface area (Å²) < 4.78 is 0. The maximum absolute atomic E-state index is 11.2. The van der Waals surface area contributed by atoms with Crippen LogP contribution in [-0.4, -0.2) is 34.0 Å². The van der Waals surface area contributed by atoms with E-state index in [0.29, 0.717) is 18.2 Å². The zero-order valence-electron chi connectivity index (χ0n) is 8.86. The Kier molecular flexibility index (Phi) is 4.59. The Balaban J connectivity index is 2.57. The number of carbonyl (C=O) groups is 1. The van der Waals surface area contributed by atoms with E-state index in [4.69, 9.17) is 18.0 Å². The second-order valence-electron chi connectivity index (χ2n) is 2.94. The van der Waals surface area contributed by atoms with Crippen LogP contribution in [0, 0.1) is 0 Å².